The van der Waals surface area contributed by atoms with Crippen molar-refractivity contribution >= 4 is 16.8 Å². The van der Waals surface area contributed by atoms with Crippen molar-refractivity contribution in [1.29, 1.82) is 0 Å². The van der Waals surface area contributed by atoms with Crippen molar-refractivity contribution in [3.05, 3.63) is 89.4 Å². The largest absolute Gasteiger partial charge is 0.484 e. The Kier molecular flexibility index (Phi) is 7.71. The second kappa shape index (κ2) is 10.4. The summed E-state index contributed by atoms with van der Waals surface area (Å²) in [6.45, 7) is 5.18. The average Bonchev–Trinajstić information content (AvgIpc) is 3.22. The Bertz CT molecular complexity index is 1360. The number of ether oxygens (including phenoxy) is 1. The molecule has 4 aromatic rings. The van der Waals surface area contributed by atoms with Crippen LogP contribution in [0.3, 0.4) is 0 Å². The molecule has 3 aromatic carbocycles. The number of amides is 1. The van der Waals surface area contributed by atoms with Crippen LogP contribution in [0.25, 0.3) is 16.6 Å². The van der Waals surface area contributed by atoms with Gasteiger partial charge in [0.15, 0.2) is 0 Å². The van der Waals surface area contributed by atoms with Crippen molar-refractivity contribution in [2.75, 3.05) is 0 Å². The third-order valence-electron chi connectivity index (χ3n) is 5.69. The number of nitrogens with one attached hydrogen (secondary N) is 1. The van der Waals surface area contributed by atoms with Crippen LogP contribution in [0, 0.1) is 19.7 Å². The number of hydrogen-bond donors (Lipinski definition) is 1. The van der Waals surface area contributed by atoms with E-state index in [1.165, 1.54) is 19.1 Å². The molecule has 0 saturated heterocycles. The molecule has 1 N–H and O–H groups in total. The lowest BCUT2D eigenvalue weighted by Crippen LogP contribution is -2.45. The second-order valence-corrected chi connectivity index (χ2v) is 8.41. The van der Waals surface area contributed by atoms with Crippen molar-refractivity contribution in [2.24, 2.45) is 0 Å². The maximum Gasteiger partial charge on any atom is 0.471 e. The number of aromatic nitrogens is 2. The summed E-state index contributed by atoms with van der Waals surface area (Å²) in [6, 6.07) is 15.7. The highest BCUT2D eigenvalue weighted by molar-refractivity contribution is 5.82. The summed E-state index contributed by atoms with van der Waals surface area (Å²) in [7, 11) is 0. The van der Waals surface area contributed by atoms with Crippen LogP contribution in [0.2, 0.25) is 0 Å². The van der Waals surface area contributed by atoms with E-state index in [9.17, 15) is 22.4 Å². The van der Waals surface area contributed by atoms with Gasteiger partial charge >= 0.3 is 12.1 Å². The number of carbonyl (C=O) groups is 1. The first-order valence-corrected chi connectivity index (χ1v) is 10.9. The van der Waals surface area contributed by atoms with Gasteiger partial charge in [0.2, 0.25) is 0 Å². The summed E-state index contributed by atoms with van der Waals surface area (Å²) < 4.78 is 59.8. The van der Waals surface area contributed by atoms with Crippen LogP contribution < -0.4 is 10.1 Å². The number of halogens is 4. The minimum Gasteiger partial charge on any atom is -0.484 e. The van der Waals surface area contributed by atoms with Crippen LogP contribution in [-0.2, 0) is 4.79 Å². The van der Waals surface area contributed by atoms with Crippen LogP contribution in [0.4, 0.5) is 17.6 Å². The molecule has 1 aromatic heterocycles. The van der Waals surface area contributed by atoms with E-state index in [0.29, 0.717) is 17.0 Å². The number of fused-ring (bicyclic) bond motifs is 1. The molecule has 0 aliphatic rings. The Labute approximate surface area is 206 Å². The number of hydrogen-bond acceptors (Lipinski definition) is 3. The predicted octanol–water partition coefficient (Wildman–Crippen LogP) is 6.60. The SMILES string of the molecule is C.Cc1ccc(C)c([C@@H](Oc2ccc3c(cnn3-c3ccc(F)cc3)c2)[C@H](C)NC(=O)C(F)(F)F)c1. The highest BCUT2D eigenvalue weighted by Crippen LogP contribution is 2.31. The van der Waals surface area contributed by atoms with Crippen LogP contribution in [-0.4, -0.2) is 27.9 Å². The molecular formula is C27H27F4N3O2. The predicted molar refractivity (Wildman–Crippen MR) is 131 cm³/mol. The summed E-state index contributed by atoms with van der Waals surface area (Å²) in [5.41, 5.74) is 3.81. The van der Waals surface area contributed by atoms with Gasteiger partial charge in [0.1, 0.15) is 17.7 Å². The molecule has 1 heterocycles. The van der Waals surface area contributed by atoms with Gasteiger partial charge in [0, 0.05) is 5.39 Å². The summed E-state index contributed by atoms with van der Waals surface area (Å²) in [6.07, 6.45) is -4.27. The topological polar surface area (TPSA) is 56.1 Å². The molecule has 0 radical (unpaired) electrons. The van der Waals surface area contributed by atoms with Gasteiger partial charge in [-0.25, -0.2) is 9.07 Å². The van der Waals surface area contributed by atoms with Crippen LogP contribution in [0.5, 0.6) is 5.75 Å². The zero-order valence-corrected chi connectivity index (χ0v) is 19.2. The fourth-order valence-electron chi connectivity index (χ4n) is 3.88. The molecule has 0 fully saturated rings. The first kappa shape index (κ1) is 26.7. The van der Waals surface area contributed by atoms with E-state index >= 15 is 0 Å². The van der Waals surface area contributed by atoms with Gasteiger partial charge in [-0.05, 0) is 74.4 Å². The average molecular weight is 502 g/mol. The fourth-order valence-corrected chi connectivity index (χ4v) is 3.88. The van der Waals surface area contributed by atoms with E-state index in [1.54, 1.807) is 41.2 Å². The molecule has 9 heteroatoms. The lowest BCUT2D eigenvalue weighted by atomic mass is 9.96. The van der Waals surface area contributed by atoms with Gasteiger partial charge in [-0.3, -0.25) is 4.79 Å². The van der Waals surface area contributed by atoms with Crippen molar-refractivity contribution in [3.63, 3.8) is 0 Å². The summed E-state index contributed by atoms with van der Waals surface area (Å²) >= 11 is 0. The normalized spacial score (nSPS) is 13.1. The molecule has 190 valence electrons. The van der Waals surface area contributed by atoms with Crippen molar-refractivity contribution in [3.8, 4) is 11.4 Å². The fraction of sp³-hybridized carbons (Fsp3) is 0.259. The Balaban J connectivity index is 0.00000361. The number of benzene rings is 3. The molecule has 0 bridgehead atoms. The quantitative estimate of drug-likeness (QED) is 0.303. The van der Waals surface area contributed by atoms with Gasteiger partial charge in [-0.1, -0.05) is 31.2 Å². The molecule has 36 heavy (non-hydrogen) atoms. The number of nitrogens with zero attached hydrogens (tertiary/aromatic N) is 2. The maximum atomic E-state index is 13.3. The Morgan fingerprint density at radius 1 is 1.03 bits per heavy atom. The van der Waals surface area contributed by atoms with E-state index in [2.05, 4.69) is 5.10 Å². The highest BCUT2D eigenvalue weighted by Gasteiger charge is 2.40. The Hall–Kier alpha value is -3.88. The third-order valence-corrected chi connectivity index (χ3v) is 5.69. The molecule has 1 amide bonds. The molecule has 0 aliphatic heterocycles. The Morgan fingerprint density at radius 2 is 1.72 bits per heavy atom. The summed E-state index contributed by atoms with van der Waals surface area (Å²) in [5, 5.41) is 7.10. The van der Waals surface area contributed by atoms with Crippen molar-refractivity contribution in [2.45, 2.75) is 46.5 Å². The zero-order chi connectivity index (χ0) is 25.3. The zero-order valence-electron chi connectivity index (χ0n) is 19.2. The minimum absolute atomic E-state index is 0. The van der Waals surface area contributed by atoms with Crippen LogP contribution in [0.1, 0.15) is 37.1 Å². The standard InChI is InChI=1S/C26H23F4N3O2.CH4/c1-15-4-5-16(2)22(12-15)24(17(3)32-25(34)26(28,29)30)35-21-10-11-23-18(13-21)14-31-33(23)20-8-6-19(27)7-9-20;/h4-14,17,24H,1-3H3,(H,32,34);1H4/t17-,24-;/m0./s1. The van der Waals surface area contributed by atoms with Crippen molar-refractivity contribution < 1.29 is 27.1 Å². The molecule has 0 aliphatic carbocycles. The number of aryl methyl sites for hydroxylation is 2. The van der Waals surface area contributed by atoms with E-state index in [0.717, 1.165) is 22.0 Å². The number of alkyl halides is 3. The molecule has 4 rings (SSSR count). The molecule has 2 atom stereocenters. The van der Waals surface area contributed by atoms with Gasteiger partial charge < -0.3 is 10.1 Å². The second-order valence-electron chi connectivity index (χ2n) is 8.41. The highest BCUT2D eigenvalue weighted by atomic mass is 19.4. The molecular weight excluding hydrogens is 474 g/mol. The van der Waals surface area contributed by atoms with E-state index in [-0.39, 0.29) is 13.2 Å². The van der Waals surface area contributed by atoms with E-state index < -0.39 is 24.2 Å². The first-order chi connectivity index (χ1) is 16.5. The lowest BCUT2D eigenvalue weighted by Gasteiger charge is -2.28. The first-order valence-electron chi connectivity index (χ1n) is 10.9. The lowest BCUT2D eigenvalue weighted by molar-refractivity contribution is -0.174. The molecule has 0 saturated carbocycles. The van der Waals surface area contributed by atoms with E-state index in [1.807, 2.05) is 37.4 Å². The van der Waals surface area contributed by atoms with Crippen molar-refractivity contribution in [1.82, 2.24) is 15.1 Å². The van der Waals surface area contributed by atoms with Crippen LogP contribution >= 0.6 is 0 Å². The maximum absolute atomic E-state index is 13.3. The smallest absolute Gasteiger partial charge is 0.471 e. The van der Waals surface area contributed by atoms with Gasteiger partial charge in [0.25, 0.3) is 0 Å². The molecule has 5 nitrogen and oxygen atoms in total. The number of carbonyl (C=O) groups excluding carboxylic acids is 1. The summed E-state index contributed by atoms with van der Waals surface area (Å²) in [5.74, 6) is -1.99. The summed E-state index contributed by atoms with van der Waals surface area (Å²) in [4.78, 5) is 11.6. The molecule has 0 unspecified atom stereocenters. The van der Waals surface area contributed by atoms with Gasteiger partial charge in [-0.2, -0.15) is 18.3 Å². The minimum atomic E-state index is -5.01. The Morgan fingerprint density at radius 3 is 2.39 bits per heavy atom. The van der Waals surface area contributed by atoms with Gasteiger partial charge in [-0.15, -0.1) is 0 Å². The van der Waals surface area contributed by atoms with E-state index in [4.69, 9.17) is 4.74 Å². The monoisotopic (exact) mass is 501 g/mol. The van der Waals surface area contributed by atoms with Crippen LogP contribution in [0.15, 0.2) is 66.9 Å². The molecule has 0 spiro atoms. The number of rotatable bonds is 6. The third kappa shape index (κ3) is 5.67. The van der Waals surface area contributed by atoms with Gasteiger partial charge in [0.05, 0.1) is 23.4 Å².